The zero-order valence-electron chi connectivity index (χ0n) is 12.3. The Labute approximate surface area is 119 Å². The lowest BCUT2D eigenvalue weighted by atomic mass is 9.76. The summed E-state index contributed by atoms with van der Waals surface area (Å²) < 4.78 is 27.4. The van der Waals surface area contributed by atoms with Crippen molar-refractivity contribution in [1.82, 2.24) is 5.43 Å². The van der Waals surface area contributed by atoms with Gasteiger partial charge < -0.3 is 0 Å². The summed E-state index contributed by atoms with van der Waals surface area (Å²) in [7, 11) is 0. The Morgan fingerprint density at radius 1 is 1.20 bits per heavy atom. The van der Waals surface area contributed by atoms with E-state index < -0.39 is 11.6 Å². The fourth-order valence-corrected chi connectivity index (χ4v) is 3.33. The second kappa shape index (κ2) is 6.64. The second-order valence-corrected chi connectivity index (χ2v) is 5.96. The van der Waals surface area contributed by atoms with Crippen LogP contribution in [0.3, 0.4) is 0 Å². The number of aryl methyl sites for hydroxylation is 1. The fourth-order valence-electron chi connectivity index (χ4n) is 3.33. The molecule has 0 spiro atoms. The molecule has 1 fully saturated rings. The number of rotatable bonds is 4. The molecule has 112 valence electrons. The van der Waals surface area contributed by atoms with Crippen molar-refractivity contribution in [2.24, 2.45) is 17.7 Å². The maximum atomic E-state index is 14.0. The molecule has 0 heterocycles. The molecular weight excluding hydrogens is 258 g/mol. The first-order chi connectivity index (χ1) is 9.56. The van der Waals surface area contributed by atoms with Crippen molar-refractivity contribution in [2.45, 2.75) is 52.0 Å². The van der Waals surface area contributed by atoms with Crippen molar-refractivity contribution in [3.05, 3.63) is 34.9 Å². The molecule has 0 amide bonds. The van der Waals surface area contributed by atoms with Crippen LogP contribution in [0.15, 0.2) is 12.1 Å². The molecule has 1 atom stereocenters. The van der Waals surface area contributed by atoms with Crippen LogP contribution in [0.4, 0.5) is 8.78 Å². The first kappa shape index (κ1) is 15.4. The highest BCUT2D eigenvalue weighted by Crippen LogP contribution is 2.38. The first-order valence-electron chi connectivity index (χ1n) is 7.48. The van der Waals surface area contributed by atoms with Gasteiger partial charge in [0, 0.05) is 11.6 Å². The molecule has 1 aliphatic rings. The maximum absolute atomic E-state index is 14.0. The van der Waals surface area contributed by atoms with Crippen LogP contribution in [0.2, 0.25) is 0 Å². The van der Waals surface area contributed by atoms with Crippen molar-refractivity contribution in [3.63, 3.8) is 0 Å². The average molecular weight is 282 g/mol. The van der Waals surface area contributed by atoms with Gasteiger partial charge in [-0.15, -0.1) is 0 Å². The first-order valence-corrected chi connectivity index (χ1v) is 7.48. The maximum Gasteiger partial charge on any atom is 0.130 e. The number of hydrazine groups is 1. The lowest BCUT2D eigenvalue weighted by Crippen LogP contribution is -2.36. The van der Waals surface area contributed by atoms with E-state index in [1.807, 2.05) is 0 Å². The lowest BCUT2D eigenvalue weighted by Gasteiger charge is -2.33. The SMILES string of the molecule is CCC1CCC(C(NN)c2cc(C)c(F)cc2F)CC1. The van der Waals surface area contributed by atoms with Gasteiger partial charge in [0.1, 0.15) is 11.6 Å². The summed E-state index contributed by atoms with van der Waals surface area (Å²) >= 11 is 0. The van der Waals surface area contributed by atoms with E-state index in [0.717, 1.165) is 24.8 Å². The normalized spacial score (nSPS) is 24.6. The van der Waals surface area contributed by atoms with Gasteiger partial charge in [0.15, 0.2) is 0 Å². The number of halogens is 2. The largest absolute Gasteiger partial charge is 0.271 e. The topological polar surface area (TPSA) is 38.0 Å². The third kappa shape index (κ3) is 3.18. The predicted octanol–water partition coefficient (Wildman–Crippen LogP) is 3.99. The van der Waals surface area contributed by atoms with Crippen LogP contribution in [-0.4, -0.2) is 0 Å². The van der Waals surface area contributed by atoms with E-state index in [4.69, 9.17) is 5.84 Å². The summed E-state index contributed by atoms with van der Waals surface area (Å²) in [5.74, 6) is 5.74. The number of nitrogens with one attached hydrogen (secondary N) is 1. The van der Waals surface area contributed by atoms with Gasteiger partial charge in [-0.25, -0.2) is 8.78 Å². The van der Waals surface area contributed by atoms with Gasteiger partial charge in [0.05, 0.1) is 6.04 Å². The Kier molecular flexibility index (Phi) is 5.11. The van der Waals surface area contributed by atoms with Gasteiger partial charge in [-0.05, 0) is 43.2 Å². The van der Waals surface area contributed by atoms with Crippen LogP contribution in [0.25, 0.3) is 0 Å². The van der Waals surface area contributed by atoms with Crippen LogP contribution in [0.5, 0.6) is 0 Å². The minimum absolute atomic E-state index is 0.230. The molecule has 1 saturated carbocycles. The highest BCUT2D eigenvalue weighted by molar-refractivity contribution is 5.28. The third-order valence-corrected chi connectivity index (χ3v) is 4.73. The molecule has 20 heavy (non-hydrogen) atoms. The molecular formula is C16H24F2N2. The molecule has 3 N–H and O–H groups in total. The highest BCUT2D eigenvalue weighted by Gasteiger charge is 2.29. The summed E-state index contributed by atoms with van der Waals surface area (Å²) in [6.07, 6.45) is 5.63. The van der Waals surface area contributed by atoms with Gasteiger partial charge in [0.2, 0.25) is 0 Å². The minimum atomic E-state index is -0.506. The molecule has 1 aromatic rings. The second-order valence-electron chi connectivity index (χ2n) is 5.96. The minimum Gasteiger partial charge on any atom is -0.271 e. The Morgan fingerprint density at radius 2 is 1.85 bits per heavy atom. The van der Waals surface area contributed by atoms with E-state index in [-0.39, 0.29) is 6.04 Å². The van der Waals surface area contributed by atoms with Crippen molar-refractivity contribution >= 4 is 0 Å². The van der Waals surface area contributed by atoms with Crippen LogP contribution in [0.1, 0.15) is 56.2 Å². The monoisotopic (exact) mass is 282 g/mol. The van der Waals surface area contributed by atoms with Gasteiger partial charge >= 0.3 is 0 Å². The Morgan fingerprint density at radius 3 is 2.40 bits per heavy atom. The highest BCUT2D eigenvalue weighted by atomic mass is 19.1. The van der Waals surface area contributed by atoms with E-state index in [2.05, 4.69) is 12.3 Å². The molecule has 2 rings (SSSR count). The number of nitrogens with two attached hydrogens (primary N) is 1. The van der Waals surface area contributed by atoms with E-state index in [1.54, 1.807) is 13.0 Å². The van der Waals surface area contributed by atoms with Crippen LogP contribution >= 0.6 is 0 Å². The van der Waals surface area contributed by atoms with Crippen LogP contribution in [-0.2, 0) is 0 Å². The molecule has 0 aromatic heterocycles. The molecule has 1 aromatic carbocycles. The van der Waals surface area contributed by atoms with Crippen LogP contribution < -0.4 is 11.3 Å². The standard InChI is InChI=1S/C16H24F2N2/c1-3-11-4-6-12(7-5-11)16(20-19)13-8-10(2)14(17)9-15(13)18/h8-9,11-12,16,20H,3-7,19H2,1-2H3. The molecule has 2 nitrogen and oxygen atoms in total. The molecule has 1 aliphatic carbocycles. The Balaban J connectivity index is 2.18. The lowest BCUT2D eigenvalue weighted by molar-refractivity contribution is 0.216. The van der Waals surface area contributed by atoms with Gasteiger partial charge in [-0.2, -0.15) is 0 Å². The van der Waals surface area contributed by atoms with Gasteiger partial charge in [-0.1, -0.05) is 26.2 Å². The van der Waals surface area contributed by atoms with Crippen molar-refractivity contribution in [3.8, 4) is 0 Å². The summed E-state index contributed by atoms with van der Waals surface area (Å²) in [6, 6.07) is 2.32. The van der Waals surface area contributed by atoms with Crippen LogP contribution in [0, 0.1) is 30.4 Å². The predicted molar refractivity (Wildman–Crippen MR) is 76.9 cm³/mol. The van der Waals surface area contributed by atoms with E-state index in [1.165, 1.54) is 19.3 Å². The van der Waals surface area contributed by atoms with E-state index in [9.17, 15) is 8.78 Å². The van der Waals surface area contributed by atoms with Crippen molar-refractivity contribution in [2.75, 3.05) is 0 Å². The van der Waals surface area contributed by atoms with Gasteiger partial charge in [0.25, 0.3) is 0 Å². The van der Waals surface area contributed by atoms with Gasteiger partial charge in [-0.3, -0.25) is 11.3 Å². The van der Waals surface area contributed by atoms with Crippen molar-refractivity contribution < 1.29 is 8.78 Å². The number of hydrogen-bond donors (Lipinski definition) is 2. The summed E-state index contributed by atoms with van der Waals surface area (Å²) in [6.45, 7) is 3.87. The summed E-state index contributed by atoms with van der Waals surface area (Å²) in [4.78, 5) is 0. The van der Waals surface area contributed by atoms with Crippen molar-refractivity contribution in [1.29, 1.82) is 0 Å². The molecule has 0 saturated heterocycles. The molecule has 4 heteroatoms. The molecule has 1 unspecified atom stereocenters. The zero-order valence-corrected chi connectivity index (χ0v) is 12.3. The smallest absolute Gasteiger partial charge is 0.130 e. The quantitative estimate of drug-likeness (QED) is 0.647. The Bertz CT molecular complexity index is 454. The fraction of sp³-hybridized carbons (Fsp3) is 0.625. The molecule has 0 radical (unpaired) electrons. The third-order valence-electron chi connectivity index (χ3n) is 4.73. The summed E-state index contributed by atoms with van der Waals surface area (Å²) in [5, 5.41) is 0. The number of benzene rings is 1. The summed E-state index contributed by atoms with van der Waals surface area (Å²) in [5.41, 5.74) is 3.70. The molecule has 0 bridgehead atoms. The zero-order chi connectivity index (χ0) is 14.7. The van der Waals surface area contributed by atoms with E-state index in [0.29, 0.717) is 17.0 Å². The average Bonchev–Trinajstić information content (AvgIpc) is 2.46. The molecule has 0 aliphatic heterocycles. The number of hydrogen-bond acceptors (Lipinski definition) is 2. The van der Waals surface area contributed by atoms with E-state index >= 15 is 0 Å². The Hall–Kier alpha value is -1.00.